The van der Waals surface area contributed by atoms with E-state index in [4.69, 9.17) is 23.2 Å². The topological polar surface area (TPSA) is 34.9 Å². The lowest BCUT2D eigenvalue weighted by Crippen LogP contribution is -2.09. The van der Waals surface area contributed by atoms with Crippen LogP contribution in [0.1, 0.15) is 37.6 Å². The van der Waals surface area contributed by atoms with Gasteiger partial charge in [0.25, 0.3) is 0 Å². The first-order chi connectivity index (χ1) is 9.99. The molecule has 0 aliphatic rings. The molecule has 2 rings (SSSR count). The lowest BCUT2D eigenvalue weighted by molar-refractivity contribution is -0.117. The fraction of sp³-hybridized carbons (Fsp3) is 0.375. The number of hydrogen-bond acceptors (Lipinski definition) is 2. The molecule has 0 amide bonds. The third-order valence-electron chi connectivity index (χ3n) is 3.49. The Kier molecular flexibility index (Phi) is 5.43. The van der Waals surface area contributed by atoms with Crippen molar-refractivity contribution in [3.05, 3.63) is 51.8 Å². The van der Waals surface area contributed by atoms with Crippen LogP contribution in [0.25, 0.3) is 0 Å². The number of Topliss-reactive ketones (excluding diaryl/α,β-unsaturated/α-hetero) is 1. The van der Waals surface area contributed by atoms with Crippen LogP contribution in [0.5, 0.6) is 0 Å². The van der Waals surface area contributed by atoms with Crippen LogP contribution in [0, 0.1) is 0 Å². The van der Waals surface area contributed by atoms with Crippen LogP contribution in [0.4, 0.5) is 0 Å². The summed E-state index contributed by atoms with van der Waals surface area (Å²) in [6, 6.07) is 7.44. The Bertz CT molecular complexity index is 637. The molecule has 1 aromatic carbocycles. The Hall–Kier alpha value is -1.32. The molecule has 1 atom stereocenters. The van der Waals surface area contributed by atoms with Gasteiger partial charge in [-0.3, -0.25) is 9.48 Å². The van der Waals surface area contributed by atoms with Gasteiger partial charge < -0.3 is 0 Å². The van der Waals surface area contributed by atoms with Gasteiger partial charge in [0.2, 0.25) is 0 Å². The molecule has 0 radical (unpaired) electrons. The largest absolute Gasteiger partial charge is 0.299 e. The second-order valence-electron chi connectivity index (χ2n) is 5.17. The zero-order chi connectivity index (χ0) is 15.4. The summed E-state index contributed by atoms with van der Waals surface area (Å²) in [6.07, 6.45) is 3.55. The van der Waals surface area contributed by atoms with E-state index in [0.717, 1.165) is 17.7 Å². The number of hydrogen-bond donors (Lipinski definition) is 0. The number of halogens is 2. The number of carbonyl (C=O) groups is 1. The molecule has 0 fully saturated rings. The SMILES string of the molecule is CCC(C)n1ccc(CC(=O)Cc2ccc(Cl)cc2Cl)n1. The molecule has 0 spiro atoms. The number of carbonyl (C=O) groups excluding carboxylic acids is 1. The number of aromatic nitrogens is 2. The third kappa shape index (κ3) is 4.32. The van der Waals surface area contributed by atoms with Gasteiger partial charge in [-0.2, -0.15) is 5.10 Å². The first-order valence-corrected chi connectivity index (χ1v) is 7.74. The average molecular weight is 325 g/mol. The van der Waals surface area contributed by atoms with E-state index in [1.165, 1.54) is 0 Å². The van der Waals surface area contributed by atoms with Gasteiger partial charge in [-0.15, -0.1) is 0 Å². The second kappa shape index (κ2) is 7.10. The average Bonchev–Trinajstić information content (AvgIpc) is 2.89. The summed E-state index contributed by atoms with van der Waals surface area (Å²) in [5.74, 6) is 0.0913. The van der Waals surface area contributed by atoms with E-state index in [0.29, 0.717) is 28.9 Å². The third-order valence-corrected chi connectivity index (χ3v) is 4.07. The molecule has 112 valence electrons. The van der Waals surface area contributed by atoms with Crippen LogP contribution in [-0.2, 0) is 17.6 Å². The molecule has 0 saturated carbocycles. The predicted molar refractivity (Wildman–Crippen MR) is 86.1 cm³/mol. The lowest BCUT2D eigenvalue weighted by Gasteiger charge is -2.08. The molecular weight excluding hydrogens is 307 g/mol. The zero-order valence-electron chi connectivity index (χ0n) is 12.1. The van der Waals surface area contributed by atoms with E-state index < -0.39 is 0 Å². The molecule has 0 saturated heterocycles. The smallest absolute Gasteiger partial charge is 0.143 e. The standard InChI is InChI=1S/C16H18Cl2N2O/c1-3-11(2)20-7-6-14(19-20)10-15(21)8-12-4-5-13(17)9-16(12)18/h4-7,9,11H,3,8,10H2,1-2H3. The van der Waals surface area contributed by atoms with Gasteiger partial charge in [0.1, 0.15) is 5.78 Å². The van der Waals surface area contributed by atoms with Gasteiger partial charge >= 0.3 is 0 Å². The Labute approximate surface area is 134 Å². The maximum Gasteiger partial charge on any atom is 0.143 e. The number of benzene rings is 1. The summed E-state index contributed by atoms with van der Waals surface area (Å²) < 4.78 is 1.90. The Morgan fingerprint density at radius 1 is 1.29 bits per heavy atom. The van der Waals surface area contributed by atoms with Crippen molar-refractivity contribution in [3.63, 3.8) is 0 Å². The number of rotatable bonds is 6. The van der Waals surface area contributed by atoms with Crippen molar-refractivity contribution in [2.24, 2.45) is 0 Å². The zero-order valence-corrected chi connectivity index (χ0v) is 13.7. The highest BCUT2D eigenvalue weighted by molar-refractivity contribution is 6.35. The van der Waals surface area contributed by atoms with Crippen molar-refractivity contribution in [1.29, 1.82) is 0 Å². The molecule has 2 aromatic rings. The van der Waals surface area contributed by atoms with E-state index in [9.17, 15) is 4.79 Å². The van der Waals surface area contributed by atoms with Crippen molar-refractivity contribution in [3.8, 4) is 0 Å². The number of nitrogens with zero attached hydrogens (tertiary/aromatic N) is 2. The van der Waals surface area contributed by atoms with Crippen LogP contribution < -0.4 is 0 Å². The Morgan fingerprint density at radius 2 is 2.05 bits per heavy atom. The van der Waals surface area contributed by atoms with Gasteiger partial charge in [0, 0.05) is 28.7 Å². The fourth-order valence-electron chi connectivity index (χ4n) is 2.05. The maximum absolute atomic E-state index is 12.1. The summed E-state index contributed by atoms with van der Waals surface area (Å²) in [4.78, 5) is 12.1. The van der Waals surface area contributed by atoms with Crippen molar-refractivity contribution in [2.45, 2.75) is 39.2 Å². The maximum atomic E-state index is 12.1. The van der Waals surface area contributed by atoms with Crippen molar-refractivity contribution < 1.29 is 4.79 Å². The van der Waals surface area contributed by atoms with Crippen LogP contribution in [-0.4, -0.2) is 15.6 Å². The van der Waals surface area contributed by atoms with Gasteiger partial charge in [0.05, 0.1) is 12.1 Å². The Balaban J connectivity index is 2.00. The predicted octanol–water partition coefficient (Wildman–Crippen LogP) is 4.52. The molecule has 0 bridgehead atoms. The summed E-state index contributed by atoms with van der Waals surface area (Å²) in [5.41, 5.74) is 1.60. The van der Waals surface area contributed by atoms with Crippen molar-refractivity contribution >= 4 is 29.0 Å². The van der Waals surface area contributed by atoms with Gasteiger partial charge in [-0.05, 0) is 37.1 Å². The molecule has 1 unspecified atom stereocenters. The van der Waals surface area contributed by atoms with Gasteiger partial charge in [-0.1, -0.05) is 36.2 Å². The molecule has 1 aromatic heterocycles. The first kappa shape index (κ1) is 16.1. The summed E-state index contributed by atoms with van der Waals surface area (Å²) >= 11 is 11.9. The normalized spacial score (nSPS) is 12.4. The van der Waals surface area contributed by atoms with Gasteiger partial charge in [0.15, 0.2) is 0 Å². The molecule has 0 aliphatic heterocycles. The van der Waals surface area contributed by atoms with E-state index >= 15 is 0 Å². The summed E-state index contributed by atoms with van der Waals surface area (Å²) in [7, 11) is 0. The van der Waals surface area contributed by atoms with Crippen molar-refractivity contribution in [2.75, 3.05) is 0 Å². The van der Waals surface area contributed by atoms with Crippen LogP contribution in [0.2, 0.25) is 10.0 Å². The monoisotopic (exact) mass is 324 g/mol. The minimum absolute atomic E-state index is 0.0913. The molecule has 1 heterocycles. The first-order valence-electron chi connectivity index (χ1n) is 6.99. The molecule has 21 heavy (non-hydrogen) atoms. The van der Waals surface area contributed by atoms with Gasteiger partial charge in [-0.25, -0.2) is 0 Å². The fourth-order valence-corrected chi connectivity index (χ4v) is 2.52. The molecular formula is C16H18Cl2N2O. The second-order valence-corrected chi connectivity index (χ2v) is 6.02. The highest BCUT2D eigenvalue weighted by Gasteiger charge is 2.11. The Morgan fingerprint density at radius 3 is 2.71 bits per heavy atom. The van der Waals surface area contributed by atoms with Crippen LogP contribution in [0.15, 0.2) is 30.5 Å². The molecule has 0 N–H and O–H groups in total. The lowest BCUT2D eigenvalue weighted by atomic mass is 10.1. The summed E-state index contributed by atoms with van der Waals surface area (Å²) in [5, 5.41) is 5.54. The van der Waals surface area contributed by atoms with E-state index in [-0.39, 0.29) is 5.78 Å². The highest BCUT2D eigenvalue weighted by Crippen LogP contribution is 2.22. The van der Waals surface area contributed by atoms with E-state index in [2.05, 4.69) is 18.9 Å². The van der Waals surface area contributed by atoms with Crippen LogP contribution >= 0.6 is 23.2 Å². The number of ketones is 1. The quantitative estimate of drug-likeness (QED) is 0.783. The van der Waals surface area contributed by atoms with Crippen molar-refractivity contribution in [1.82, 2.24) is 9.78 Å². The minimum atomic E-state index is 0.0913. The van der Waals surface area contributed by atoms with E-state index in [1.807, 2.05) is 16.9 Å². The molecule has 5 heteroatoms. The highest BCUT2D eigenvalue weighted by atomic mass is 35.5. The summed E-state index contributed by atoms with van der Waals surface area (Å²) in [6.45, 7) is 4.21. The minimum Gasteiger partial charge on any atom is -0.299 e. The van der Waals surface area contributed by atoms with Crippen LogP contribution in [0.3, 0.4) is 0 Å². The van der Waals surface area contributed by atoms with E-state index in [1.54, 1.807) is 18.2 Å². The molecule has 0 aliphatic carbocycles. The molecule has 3 nitrogen and oxygen atoms in total.